The van der Waals surface area contributed by atoms with Gasteiger partial charge in [0.15, 0.2) is 0 Å². The number of likely N-dealkylation sites (N-methyl/N-ethyl adjacent to an activating group) is 1. The fourth-order valence-corrected chi connectivity index (χ4v) is 3.33. The Morgan fingerprint density at radius 1 is 1.24 bits per heavy atom. The second kappa shape index (κ2) is 5.77. The number of anilines is 1. The maximum atomic E-state index is 5.91. The molecule has 0 unspecified atom stereocenters. The highest BCUT2D eigenvalue weighted by atomic mass is 16.5. The lowest BCUT2D eigenvalue weighted by atomic mass is 9.99. The van der Waals surface area contributed by atoms with Crippen molar-refractivity contribution >= 4 is 5.82 Å². The fraction of sp³-hybridized carbons (Fsp3) is 0.733. The Bertz CT molecular complexity index is 523. The summed E-state index contributed by atoms with van der Waals surface area (Å²) in [5, 5.41) is 0. The van der Waals surface area contributed by atoms with Crippen molar-refractivity contribution in [2.75, 3.05) is 45.3 Å². The fourth-order valence-electron chi connectivity index (χ4n) is 3.33. The maximum absolute atomic E-state index is 5.91. The molecule has 0 aromatic carbocycles. The van der Waals surface area contributed by atoms with E-state index >= 15 is 0 Å². The molecule has 21 heavy (non-hydrogen) atoms. The Labute approximate surface area is 126 Å². The molecule has 0 radical (unpaired) electrons. The Morgan fingerprint density at radius 2 is 2.05 bits per heavy atom. The van der Waals surface area contributed by atoms with Crippen LogP contribution in [0.25, 0.3) is 0 Å². The van der Waals surface area contributed by atoms with Gasteiger partial charge in [0.2, 0.25) is 5.88 Å². The molecule has 0 amide bonds. The minimum atomic E-state index is 0.352. The molecule has 3 heterocycles. The Hall–Kier alpha value is -1.40. The molecule has 0 N–H and O–H groups in total. The van der Waals surface area contributed by atoms with Crippen molar-refractivity contribution in [3.63, 3.8) is 0 Å². The van der Waals surface area contributed by atoms with Gasteiger partial charge < -0.3 is 14.4 Å². The van der Waals surface area contributed by atoms with Crippen molar-refractivity contribution in [3.05, 3.63) is 11.4 Å². The minimum absolute atomic E-state index is 0.352. The number of aryl methyl sites for hydroxylation is 1. The van der Waals surface area contributed by atoms with Gasteiger partial charge in [-0.25, -0.2) is 4.98 Å². The molecular weight excluding hydrogens is 268 g/mol. The third kappa shape index (κ3) is 2.70. The summed E-state index contributed by atoms with van der Waals surface area (Å²) in [5.74, 6) is 2.42. The molecule has 116 valence electrons. The number of ether oxygens (including phenoxy) is 2. The lowest BCUT2D eigenvalue weighted by Crippen LogP contribution is -2.59. The molecule has 2 fully saturated rings. The number of piperidine rings is 1. The number of hydrogen-bond donors (Lipinski definition) is 0. The number of methoxy groups -OCH3 is 1. The second-order valence-electron chi connectivity index (χ2n) is 5.92. The smallest absolute Gasteiger partial charge is 0.221 e. The summed E-state index contributed by atoms with van der Waals surface area (Å²) in [7, 11) is 3.84. The van der Waals surface area contributed by atoms with Gasteiger partial charge >= 0.3 is 0 Å². The molecule has 0 bridgehead atoms. The van der Waals surface area contributed by atoms with E-state index < -0.39 is 0 Å². The number of fused-ring (bicyclic) bond motifs is 1. The molecule has 2 atom stereocenters. The maximum Gasteiger partial charge on any atom is 0.221 e. The van der Waals surface area contributed by atoms with Crippen molar-refractivity contribution < 1.29 is 9.47 Å². The third-order valence-electron chi connectivity index (χ3n) is 4.54. The summed E-state index contributed by atoms with van der Waals surface area (Å²) in [6, 6.07) is 0.438. The second-order valence-corrected chi connectivity index (χ2v) is 5.92. The van der Waals surface area contributed by atoms with Crippen LogP contribution in [0.3, 0.4) is 0 Å². The zero-order chi connectivity index (χ0) is 15.0. The van der Waals surface area contributed by atoms with Gasteiger partial charge in [0.25, 0.3) is 0 Å². The average molecular weight is 292 g/mol. The van der Waals surface area contributed by atoms with Crippen molar-refractivity contribution in [1.82, 2.24) is 14.9 Å². The van der Waals surface area contributed by atoms with Gasteiger partial charge in [0, 0.05) is 19.6 Å². The van der Waals surface area contributed by atoms with Gasteiger partial charge in [-0.3, -0.25) is 4.90 Å². The summed E-state index contributed by atoms with van der Waals surface area (Å²) in [4.78, 5) is 13.7. The lowest BCUT2D eigenvalue weighted by Gasteiger charge is -2.46. The predicted octanol–water partition coefficient (Wildman–Crippen LogP) is 1.01. The van der Waals surface area contributed by atoms with E-state index in [4.69, 9.17) is 9.47 Å². The predicted molar refractivity (Wildman–Crippen MR) is 81.0 cm³/mol. The number of nitrogens with zero attached hydrogens (tertiary/aromatic N) is 4. The van der Waals surface area contributed by atoms with Crippen LogP contribution < -0.4 is 9.64 Å². The first-order chi connectivity index (χ1) is 10.1. The first-order valence-electron chi connectivity index (χ1n) is 7.56. The normalized spacial score (nSPS) is 26.6. The average Bonchev–Trinajstić information content (AvgIpc) is 2.49. The molecule has 2 aliphatic rings. The summed E-state index contributed by atoms with van der Waals surface area (Å²) < 4.78 is 11.3. The molecule has 6 heteroatoms. The van der Waals surface area contributed by atoms with E-state index in [1.165, 1.54) is 0 Å². The van der Waals surface area contributed by atoms with E-state index in [9.17, 15) is 0 Å². The Balaban J connectivity index is 1.86. The highest BCUT2D eigenvalue weighted by molar-refractivity contribution is 5.51. The van der Waals surface area contributed by atoms with E-state index in [-0.39, 0.29) is 0 Å². The van der Waals surface area contributed by atoms with E-state index in [0.29, 0.717) is 18.0 Å². The highest BCUT2D eigenvalue weighted by Gasteiger charge is 2.36. The largest absolute Gasteiger partial charge is 0.481 e. The molecule has 3 rings (SSSR count). The number of hydrogen-bond acceptors (Lipinski definition) is 6. The van der Waals surface area contributed by atoms with Crippen molar-refractivity contribution in [2.45, 2.75) is 32.4 Å². The molecule has 1 aromatic heterocycles. The van der Waals surface area contributed by atoms with Gasteiger partial charge in [0.05, 0.1) is 31.4 Å². The molecule has 0 spiro atoms. The van der Waals surface area contributed by atoms with E-state index in [1.807, 2.05) is 13.8 Å². The standard InChI is InChI=1S/C15H24N4O2/c1-10-14(16-11(2)17-15(10)20-4)19-6-5-13-12(9-19)18(3)7-8-21-13/h12-13H,5-9H2,1-4H3/t12-,13+/m1/s1. The van der Waals surface area contributed by atoms with Gasteiger partial charge in [-0.1, -0.05) is 0 Å². The van der Waals surface area contributed by atoms with Crippen LogP contribution >= 0.6 is 0 Å². The quantitative estimate of drug-likeness (QED) is 0.811. The van der Waals surface area contributed by atoms with Gasteiger partial charge in [0.1, 0.15) is 11.6 Å². The van der Waals surface area contributed by atoms with E-state index in [2.05, 4.69) is 26.8 Å². The summed E-state index contributed by atoms with van der Waals surface area (Å²) in [6.07, 6.45) is 1.39. The SMILES string of the molecule is COc1nc(C)nc(N2CC[C@@H]3OCCN(C)[C@@H]3C2)c1C. The summed E-state index contributed by atoms with van der Waals surface area (Å²) >= 11 is 0. The number of rotatable bonds is 2. The molecule has 0 saturated carbocycles. The zero-order valence-electron chi connectivity index (χ0n) is 13.3. The van der Waals surface area contributed by atoms with Crippen LogP contribution in [-0.2, 0) is 4.74 Å². The first-order valence-corrected chi connectivity index (χ1v) is 7.56. The molecular formula is C15H24N4O2. The molecule has 0 aliphatic carbocycles. The molecule has 1 aromatic rings. The Kier molecular flexibility index (Phi) is 3.99. The Morgan fingerprint density at radius 3 is 2.81 bits per heavy atom. The molecule has 6 nitrogen and oxygen atoms in total. The van der Waals surface area contributed by atoms with E-state index in [0.717, 1.165) is 49.9 Å². The lowest BCUT2D eigenvalue weighted by molar-refractivity contribution is -0.0688. The topological polar surface area (TPSA) is 50.7 Å². The van der Waals surface area contributed by atoms with Crippen molar-refractivity contribution in [2.24, 2.45) is 0 Å². The third-order valence-corrected chi connectivity index (χ3v) is 4.54. The highest BCUT2D eigenvalue weighted by Crippen LogP contribution is 2.30. The number of aromatic nitrogens is 2. The van der Waals surface area contributed by atoms with Crippen molar-refractivity contribution in [3.8, 4) is 5.88 Å². The first kappa shape index (κ1) is 14.5. The zero-order valence-corrected chi connectivity index (χ0v) is 13.3. The van der Waals surface area contributed by atoms with Gasteiger partial charge in [-0.05, 0) is 27.3 Å². The van der Waals surface area contributed by atoms with Crippen LogP contribution in [0.2, 0.25) is 0 Å². The van der Waals surface area contributed by atoms with Crippen LogP contribution in [0, 0.1) is 13.8 Å². The van der Waals surface area contributed by atoms with Crippen LogP contribution in [0.15, 0.2) is 0 Å². The molecule has 2 aliphatic heterocycles. The van der Waals surface area contributed by atoms with Gasteiger partial charge in [-0.2, -0.15) is 4.98 Å². The van der Waals surface area contributed by atoms with E-state index in [1.54, 1.807) is 7.11 Å². The van der Waals surface area contributed by atoms with Crippen LogP contribution in [-0.4, -0.2) is 67.4 Å². The van der Waals surface area contributed by atoms with Gasteiger partial charge in [-0.15, -0.1) is 0 Å². The number of morpholine rings is 1. The van der Waals surface area contributed by atoms with Crippen molar-refractivity contribution in [1.29, 1.82) is 0 Å². The monoisotopic (exact) mass is 292 g/mol. The summed E-state index contributed by atoms with van der Waals surface area (Å²) in [6.45, 7) is 7.70. The minimum Gasteiger partial charge on any atom is -0.481 e. The molecule has 2 saturated heterocycles. The van der Waals surface area contributed by atoms with Crippen LogP contribution in [0.4, 0.5) is 5.82 Å². The van der Waals surface area contributed by atoms with Crippen LogP contribution in [0.5, 0.6) is 5.88 Å². The van der Waals surface area contributed by atoms with Crippen LogP contribution in [0.1, 0.15) is 17.8 Å². The summed E-state index contributed by atoms with van der Waals surface area (Å²) in [5.41, 5.74) is 1.01.